The van der Waals surface area contributed by atoms with E-state index in [1.165, 1.54) is 4.90 Å². The molecular weight excluding hydrogens is 370 g/mol. The number of ether oxygens (including phenoxy) is 2. The summed E-state index contributed by atoms with van der Waals surface area (Å²) in [7, 11) is 0. The molecule has 0 unspecified atom stereocenters. The first-order valence-corrected chi connectivity index (χ1v) is 9.39. The van der Waals surface area contributed by atoms with Crippen LogP contribution in [0.2, 0.25) is 0 Å². The fraction of sp³-hybridized carbons (Fsp3) is 0.318. The largest absolute Gasteiger partial charge is 0.454 e. The fourth-order valence-electron chi connectivity index (χ4n) is 3.03. The van der Waals surface area contributed by atoms with E-state index in [9.17, 15) is 14.9 Å². The molecule has 150 valence electrons. The Morgan fingerprint density at radius 2 is 1.90 bits per heavy atom. The van der Waals surface area contributed by atoms with Crippen LogP contribution in [0.25, 0.3) is 0 Å². The highest BCUT2D eigenvalue weighted by Crippen LogP contribution is 2.40. The molecule has 7 nitrogen and oxygen atoms in total. The molecule has 0 aliphatic carbocycles. The highest BCUT2D eigenvalue weighted by atomic mass is 16.6. The van der Waals surface area contributed by atoms with E-state index >= 15 is 0 Å². The Labute approximate surface area is 169 Å². The van der Waals surface area contributed by atoms with E-state index in [1.54, 1.807) is 63.2 Å². The third kappa shape index (κ3) is 4.66. The van der Waals surface area contributed by atoms with Gasteiger partial charge in [-0.05, 0) is 51.5 Å². The monoisotopic (exact) mass is 393 g/mol. The van der Waals surface area contributed by atoms with Crippen molar-refractivity contribution < 1.29 is 19.1 Å². The molecule has 0 radical (unpaired) electrons. The molecule has 1 aliphatic rings. The van der Waals surface area contributed by atoms with Gasteiger partial charge in [-0.2, -0.15) is 5.26 Å². The van der Waals surface area contributed by atoms with E-state index in [4.69, 9.17) is 9.47 Å². The van der Waals surface area contributed by atoms with Crippen LogP contribution in [0.5, 0.6) is 11.5 Å². The second kappa shape index (κ2) is 8.23. The van der Waals surface area contributed by atoms with Crippen LogP contribution >= 0.6 is 0 Å². The van der Waals surface area contributed by atoms with E-state index in [1.807, 2.05) is 0 Å². The van der Waals surface area contributed by atoms with Crippen molar-refractivity contribution in [2.45, 2.75) is 32.8 Å². The number of nitriles is 1. The van der Waals surface area contributed by atoms with Crippen molar-refractivity contribution in [2.24, 2.45) is 0 Å². The van der Waals surface area contributed by atoms with Crippen LogP contribution in [0.1, 0.15) is 43.1 Å². The molecule has 0 fully saturated rings. The zero-order valence-corrected chi connectivity index (χ0v) is 16.7. The minimum absolute atomic E-state index is 0.251. The molecule has 0 bridgehead atoms. The van der Waals surface area contributed by atoms with Crippen molar-refractivity contribution in [2.75, 3.05) is 18.0 Å². The zero-order chi connectivity index (χ0) is 21.0. The first kappa shape index (κ1) is 20.2. The molecule has 3 rings (SSSR count). The molecular formula is C22H23N3O4. The molecule has 1 heterocycles. The number of amides is 2. The van der Waals surface area contributed by atoms with E-state index < -0.39 is 11.7 Å². The number of carbonyl (C=O) groups is 2. The topological polar surface area (TPSA) is 91.7 Å². The van der Waals surface area contributed by atoms with E-state index in [0.29, 0.717) is 47.8 Å². The Kier molecular flexibility index (Phi) is 5.74. The molecule has 0 saturated carbocycles. The smallest absolute Gasteiger partial charge is 0.407 e. The minimum Gasteiger partial charge on any atom is -0.454 e. The first-order valence-electron chi connectivity index (χ1n) is 9.39. The number of nitrogens with one attached hydrogen (secondary N) is 1. The molecule has 2 aromatic carbocycles. The molecule has 2 amide bonds. The number of rotatable bonds is 4. The van der Waals surface area contributed by atoms with E-state index in [2.05, 4.69) is 11.4 Å². The summed E-state index contributed by atoms with van der Waals surface area (Å²) in [5, 5.41) is 12.2. The van der Waals surface area contributed by atoms with Crippen molar-refractivity contribution in [1.82, 2.24) is 5.32 Å². The van der Waals surface area contributed by atoms with Crippen LogP contribution in [0.15, 0.2) is 42.5 Å². The van der Waals surface area contributed by atoms with Gasteiger partial charge < -0.3 is 19.7 Å². The maximum atomic E-state index is 13.2. The fourth-order valence-corrected chi connectivity index (χ4v) is 3.03. The summed E-state index contributed by atoms with van der Waals surface area (Å²) in [4.78, 5) is 26.6. The van der Waals surface area contributed by atoms with Crippen molar-refractivity contribution >= 4 is 17.7 Å². The summed E-state index contributed by atoms with van der Waals surface area (Å²) in [5.41, 5.74) is 0.636. The summed E-state index contributed by atoms with van der Waals surface area (Å²) >= 11 is 0. The number of alkyl carbamates (subject to hydrolysis) is 1. The minimum atomic E-state index is -0.577. The lowest BCUT2D eigenvalue weighted by molar-refractivity contribution is 0.0527. The predicted octanol–water partition coefficient (Wildman–Crippen LogP) is 4.23. The number of benzene rings is 2. The molecule has 7 heteroatoms. The first-order chi connectivity index (χ1) is 13.8. The van der Waals surface area contributed by atoms with Crippen LogP contribution in [0, 0.1) is 11.3 Å². The van der Waals surface area contributed by atoms with Gasteiger partial charge in [0.1, 0.15) is 23.1 Å². The van der Waals surface area contributed by atoms with Crippen LogP contribution in [-0.2, 0) is 4.74 Å². The van der Waals surface area contributed by atoms with Crippen LogP contribution < -0.4 is 15.0 Å². The van der Waals surface area contributed by atoms with E-state index in [0.717, 1.165) is 0 Å². The SMILES string of the molecule is CC(C)(C)OC(=O)NCCCN1C(=O)c2ccccc2Oc2cccc(C#N)c21. The van der Waals surface area contributed by atoms with Crippen molar-refractivity contribution in [3.05, 3.63) is 53.6 Å². The summed E-state index contributed by atoms with van der Waals surface area (Å²) < 4.78 is 11.2. The Balaban J connectivity index is 1.81. The summed E-state index contributed by atoms with van der Waals surface area (Å²) in [6.45, 7) is 6.00. The highest BCUT2D eigenvalue weighted by molar-refractivity contribution is 6.10. The number of carbonyl (C=O) groups excluding carboxylic acids is 2. The molecule has 0 atom stereocenters. The molecule has 1 N–H and O–H groups in total. The molecule has 2 aromatic rings. The third-order valence-corrected chi connectivity index (χ3v) is 4.20. The molecule has 0 spiro atoms. The normalized spacial score (nSPS) is 12.8. The molecule has 0 aromatic heterocycles. The lowest BCUT2D eigenvalue weighted by atomic mass is 10.1. The number of hydrogen-bond donors (Lipinski definition) is 1. The second-order valence-electron chi connectivity index (χ2n) is 7.60. The Hall–Kier alpha value is -3.53. The Morgan fingerprint density at radius 3 is 2.62 bits per heavy atom. The molecule has 0 saturated heterocycles. The summed E-state index contributed by atoms with van der Waals surface area (Å²) in [6, 6.07) is 14.2. The van der Waals surface area contributed by atoms with Crippen LogP contribution in [0.3, 0.4) is 0 Å². The highest BCUT2D eigenvalue weighted by Gasteiger charge is 2.29. The number of anilines is 1. The van der Waals surface area contributed by atoms with Crippen molar-refractivity contribution in [3.8, 4) is 17.6 Å². The standard InChI is InChI=1S/C22H23N3O4/c1-22(2,3)29-21(27)24-12-7-13-25-19-15(14-23)8-6-11-18(19)28-17-10-5-4-9-16(17)20(25)26/h4-6,8-11H,7,12-13H2,1-3H3,(H,24,27). The molecule has 29 heavy (non-hydrogen) atoms. The maximum Gasteiger partial charge on any atom is 0.407 e. The number of nitrogens with zero attached hydrogens (tertiary/aromatic N) is 2. The Bertz CT molecular complexity index is 973. The number of para-hydroxylation sites is 2. The average Bonchev–Trinajstić information content (AvgIpc) is 2.78. The lowest BCUT2D eigenvalue weighted by Crippen LogP contribution is -2.36. The summed E-state index contributed by atoms with van der Waals surface area (Å²) in [6.07, 6.45) is -0.0294. The number of hydrogen-bond acceptors (Lipinski definition) is 5. The van der Waals surface area contributed by atoms with Crippen molar-refractivity contribution in [3.63, 3.8) is 0 Å². The van der Waals surface area contributed by atoms with Crippen LogP contribution in [-0.4, -0.2) is 30.7 Å². The van der Waals surface area contributed by atoms with Crippen LogP contribution in [0.4, 0.5) is 10.5 Å². The van der Waals surface area contributed by atoms with Gasteiger partial charge in [-0.15, -0.1) is 0 Å². The van der Waals surface area contributed by atoms with Gasteiger partial charge in [0.25, 0.3) is 5.91 Å². The van der Waals surface area contributed by atoms with Gasteiger partial charge in [-0.1, -0.05) is 18.2 Å². The van der Waals surface area contributed by atoms with Gasteiger partial charge in [-0.3, -0.25) is 4.79 Å². The lowest BCUT2D eigenvalue weighted by Gasteiger charge is -2.23. The van der Waals surface area contributed by atoms with Gasteiger partial charge in [-0.25, -0.2) is 4.79 Å². The quantitative estimate of drug-likeness (QED) is 0.785. The second-order valence-corrected chi connectivity index (χ2v) is 7.60. The van der Waals surface area contributed by atoms with Gasteiger partial charge in [0.05, 0.1) is 11.1 Å². The van der Waals surface area contributed by atoms with Gasteiger partial charge >= 0.3 is 6.09 Å². The Morgan fingerprint density at radius 1 is 1.17 bits per heavy atom. The average molecular weight is 393 g/mol. The van der Waals surface area contributed by atoms with Crippen molar-refractivity contribution in [1.29, 1.82) is 5.26 Å². The molecule has 1 aliphatic heterocycles. The zero-order valence-electron chi connectivity index (χ0n) is 16.7. The van der Waals surface area contributed by atoms with Gasteiger partial charge in [0, 0.05) is 13.1 Å². The third-order valence-electron chi connectivity index (χ3n) is 4.20. The predicted molar refractivity (Wildman–Crippen MR) is 108 cm³/mol. The maximum absolute atomic E-state index is 13.2. The van der Waals surface area contributed by atoms with E-state index in [-0.39, 0.29) is 5.91 Å². The summed E-state index contributed by atoms with van der Waals surface area (Å²) in [5.74, 6) is 0.644. The van der Waals surface area contributed by atoms with Gasteiger partial charge in [0.15, 0.2) is 5.75 Å². The van der Waals surface area contributed by atoms with Gasteiger partial charge in [0.2, 0.25) is 0 Å². The number of fused-ring (bicyclic) bond motifs is 2.